The number of carbonyl (C=O) groups excluding carboxylic acids is 1. The van der Waals surface area contributed by atoms with Crippen molar-refractivity contribution < 1.29 is 14.7 Å². The van der Waals surface area contributed by atoms with Gasteiger partial charge in [0.15, 0.2) is 0 Å². The molecule has 0 aromatic carbocycles. The fourth-order valence-corrected chi connectivity index (χ4v) is 1.88. The van der Waals surface area contributed by atoms with Gasteiger partial charge in [-0.2, -0.15) is 0 Å². The second-order valence-corrected chi connectivity index (χ2v) is 4.87. The third-order valence-electron chi connectivity index (χ3n) is 2.97. The number of nitrogens with one attached hydrogen (secondary N) is 2. The monoisotopic (exact) mass is 272 g/mol. The molecule has 0 saturated carbocycles. The molecule has 19 heavy (non-hydrogen) atoms. The lowest BCUT2D eigenvalue weighted by Crippen LogP contribution is -2.40. The summed E-state index contributed by atoms with van der Waals surface area (Å²) < 4.78 is 0. The summed E-state index contributed by atoms with van der Waals surface area (Å²) in [6.07, 6.45) is 11.4. The second kappa shape index (κ2) is 13.3. The van der Waals surface area contributed by atoms with Gasteiger partial charge in [-0.05, 0) is 6.42 Å². The normalized spacial score (nSPS) is 10.4. The number of rotatable bonds is 13. The molecule has 5 nitrogen and oxygen atoms in total. The zero-order valence-electron chi connectivity index (χ0n) is 12.0. The van der Waals surface area contributed by atoms with E-state index < -0.39 is 5.97 Å². The van der Waals surface area contributed by atoms with Crippen molar-refractivity contribution in [1.82, 2.24) is 10.9 Å². The number of hydrazine groups is 1. The predicted molar refractivity (Wildman–Crippen MR) is 75.6 cm³/mol. The van der Waals surface area contributed by atoms with Crippen molar-refractivity contribution >= 4 is 11.9 Å². The van der Waals surface area contributed by atoms with Gasteiger partial charge >= 0.3 is 5.97 Å². The number of hydrogen-bond acceptors (Lipinski definition) is 3. The molecule has 112 valence electrons. The molecule has 0 aliphatic heterocycles. The summed E-state index contributed by atoms with van der Waals surface area (Å²) in [4.78, 5) is 21.5. The Labute approximate surface area is 116 Å². The summed E-state index contributed by atoms with van der Waals surface area (Å²) in [7, 11) is 0. The van der Waals surface area contributed by atoms with Crippen LogP contribution in [-0.2, 0) is 9.59 Å². The fourth-order valence-electron chi connectivity index (χ4n) is 1.88. The Kier molecular flexibility index (Phi) is 12.6. The van der Waals surface area contributed by atoms with E-state index in [-0.39, 0.29) is 12.5 Å². The third-order valence-corrected chi connectivity index (χ3v) is 2.97. The molecule has 1 amide bonds. The molecule has 0 bridgehead atoms. The van der Waals surface area contributed by atoms with Crippen LogP contribution in [0.5, 0.6) is 0 Å². The van der Waals surface area contributed by atoms with E-state index in [1.165, 1.54) is 44.9 Å². The molecule has 0 atom stereocenters. The van der Waals surface area contributed by atoms with E-state index in [1.54, 1.807) is 0 Å². The standard InChI is InChI=1S/C14H28N2O3/c1-2-3-4-5-6-7-8-9-10-11-13(17)16-15-12-14(18)19/h15H,2-12H2,1H3,(H,16,17)(H,18,19). The smallest absolute Gasteiger partial charge is 0.319 e. The van der Waals surface area contributed by atoms with E-state index in [0.29, 0.717) is 6.42 Å². The van der Waals surface area contributed by atoms with Crippen LogP contribution in [0.4, 0.5) is 0 Å². The van der Waals surface area contributed by atoms with E-state index in [1.807, 2.05) is 0 Å². The van der Waals surface area contributed by atoms with Crippen molar-refractivity contribution in [2.24, 2.45) is 0 Å². The fraction of sp³-hybridized carbons (Fsp3) is 0.857. The number of carboxylic acids is 1. The lowest BCUT2D eigenvalue weighted by Gasteiger charge is -2.05. The third kappa shape index (κ3) is 14.8. The first-order chi connectivity index (χ1) is 9.16. The van der Waals surface area contributed by atoms with Crippen LogP contribution >= 0.6 is 0 Å². The predicted octanol–water partition coefficient (Wildman–Crippen LogP) is 2.61. The minimum Gasteiger partial charge on any atom is -0.480 e. The molecular formula is C14H28N2O3. The van der Waals surface area contributed by atoms with Crippen molar-refractivity contribution in [3.05, 3.63) is 0 Å². The maximum Gasteiger partial charge on any atom is 0.319 e. The molecule has 0 fully saturated rings. The van der Waals surface area contributed by atoms with Gasteiger partial charge in [0, 0.05) is 6.42 Å². The summed E-state index contributed by atoms with van der Waals surface area (Å²) in [5.74, 6) is -1.12. The molecule has 0 heterocycles. The van der Waals surface area contributed by atoms with Crippen molar-refractivity contribution in [2.45, 2.75) is 71.1 Å². The minimum atomic E-state index is -0.983. The van der Waals surface area contributed by atoms with Gasteiger partial charge < -0.3 is 5.11 Å². The van der Waals surface area contributed by atoms with Crippen molar-refractivity contribution in [3.63, 3.8) is 0 Å². The highest BCUT2D eigenvalue weighted by atomic mass is 16.4. The largest absolute Gasteiger partial charge is 0.480 e. The van der Waals surface area contributed by atoms with Crippen LogP contribution in [0.1, 0.15) is 71.1 Å². The Morgan fingerprint density at radius 2 is 1.42 bits per heavy atom. The van der Waals surface area contributed by atoms with E-state index in [2.05, 4.69) is 17.8 Å². The topological polar surface area (TPSA) is 78.4 Å². The molecule has 0 radical (unpaired) electrons. The molecule has 0 saturated heterocycles. The van der Waals surface area contributed by atoms with Crippen molar-refractivity contribution in [3.8, 4) is 0 Å². The van der Waals surface area contributed by atoms with Crippen molar-refractivity contribution in [2.75, 3.05) is 6.54 Å². The number of unbranched alkanes of at least 4 members (excludes halogenated alkanes) is 8. The first kappa shape index (κ1) is 17.9. The van der Waals surface area contributed by atoms with Crippen LogP contribution < -0.4 is 10.9 Å². The highest BCUT2D eigenvalue weighted by Gasteiger charge is 2.01. The molecule has 0 aromatic rings. The van der Waals surface area contributed by atoms with Crippen LogP contribution in [0.15, 0.2) is 0 Å². The van der Waals surface area contributed by atoms with E-state index in [9.17, 15) is 9.59 Å². The summed E-state index contributed by atoms with van der Waals surface area (Å²) in [6.45, 7) is 1.97. The highest BCUT2D eigenvalue weighted by Crippen LogP contribution is 2.10. The summed E-state index contributed by atoms with van der Waals surface area (Å²) in [5.41, 5.74) is 4.74. The Hall–Kier alpha value is -1.10. The summed E-state index contributed by atoms with van der Waals surface area (Å²) in [5, 5.41) is 8.36. The molecule has 5 heteroatoms. The molecule has 0 rings (SSSR count). The Morgan fingerprint density at radius 3 is 1.95 bits per heavy atom. The zero-order chi connectivity index (χ0) is 14.3. The van der Waals surface area contributed by atoms with E-state index >= 15 is 0 Å². The second-order valence-electron chi connectivity index (χ2n) is 4.87. The van der Waals surface area contributed by atoms with Crippen molar-refractivity contribution in [1.29, 1.82) is 0 Å². The van der Waals surface area contributed by atoms with Gasteiger partial charge in [-0.15, -0.1) is 0 Å². The SMILES string of the molecule is CCCCCCCCCCCC(=O)NNCC(=O)O. The Morgan fingerprint density at radius 1 is 0.895 bits per heavy atom. The number of hydrogen-bond donors (Lipinski definition) is 3. The lowest BCUT2D eigenvalue weighted by atomic mass is 10.1. The minimum absolute atomic E-state index is 0.135. The average Bonchev–Trinajstić information content (AvgIpc) is 2.36. The quantitative estimate of drug-likeness (QED) is 0.356. The molecule has 0 aliphatic rings. The molecular weight excluding hydrogens is 244 g/mol. The number of carbonyl (C=O) groups is 2. The molecule has 3 N–H and O–H groups in total. The number of carboxylic acid groups (broad SMARTS) is 1. The maximum absolute atomic E-state index is 11.3. The van der Waals surface area contributed by atoms with Gasteiger partial charge in [-0.1, -0.05) is 58.3 Å². The average molecular weight is 272 g/mol. The zero-order valence-corrected chi connectivity index (χ0v) is 12.0. The van der Waals surface area contributed by atoms with Crippen LogP contribution in [0.25, 0.3) is 0 Å². The van der Waals surface area contributed by atoms with Gasteiger partial charge in [0.25, 0.3) is 0 Å². The summed E-state index contributed by atoms with van der Waals surface area (Å²) >= 11 is 0. The number of amides is 1. The van der Waals surface area contributed by atoms with Crippen LogP contribution in [-0.4, -0.2) is 23.5 Å². The van der Waals surface area contributed by atoms with E-state index in [0.717, 1.165) is 12.8 Å². The first-order valence-corrected chi connectivity index (χ1v) is 7.40. The van der Waals surface area contributed by atoms with Crippen LogP contribution in [0.2, 0.25) is 0 Å². The molecule has 0 spiro atoms. The molecule has 0 aromatic heterocycles. The van der Waals surface area contributed by atoms with Crippen LogP contribution in [0.3, 0.4) is 0 Å². The Balaban J connectivity index is 3.16. The van der Waals surface area contributed by atoms with Gasteiger partial charge in [0.2, 0.25) is 5.91 Å². The maximum atomic E-state index is 11.3. The highest BCUT2D eigenvalue weighted by molar-refractivity contribution is 5.76. The van der Waals surface area contributed by atoms with Gasteiger partial charge in [-0.25, -0.2) is 5.43 Å². The van der Waals surface area contributed by atoms with Gasteiger partial charge in [-0.3, -0.25) is 15.0 Å². The Bertz CT molecular complexity index is 245. The summed E-state index contributed by atoms with van der Waals surface area (Å²) in [6, 6.07) is 0. The molecule has 0 unspecified atom stereocenters. The van der Waals surface area contributed by atoms with Gasteiger partial charge in [0.05, 0.1) is 0 Å². The first-order valence-electron chi connectivity index (χ1n) is 7.40. The lowest BCUT2D eigenvalue weighted by molar-refractivity contribution is -0.136. The van der Waals surface area contributed by atoms with Gasteiger partial charge in [0.1, 0.15) is 6.54 Å². The van der Waals surface area contributed by atoms with Crippen LogP contribution in [0, 0.1) is 0 Å². The van der Waals surface area contributed by atoms with E-state index in [4.69, 9.17) is 5.11 Å². The molecule has 0 aliphatic carbocycles. The number of aliphatic carboxylic acids is 1.